The highest BCUT2D eigenvalue weighted by Crippen LogP contribution is 2.18. The van der Waals surface area contributed by atoms with Gasteiger partial charge in [0, 0.05) is 23.2 Å². The van der Waals surface area contributed by atoms with Gasteiger partial charge in [-0.25, -0.2) is 5.43 Å². The summed E-state index contributed by atoms with van der Waals surface area (Å²) in [4.78, 5) is 17.1. The van der Waals surface area contributed by atoms with E-state index in [1.54, 1.807) is 6.07 Å². The molecule has 0 radical (unpaired) electrons. The predicted molar refractivity (Wildman–Crippen MR) is 102 cm³/mol. The van der Waals surface area contributed by atoms with E-state index in [1.807, 2.05) is 56.3 Å². The molecule has 3 rings (SSSR count). The van der Waals surface area contributed by atoms with Crippen LogP contribution in [0.2, 0.25) is 0 Å². The van der Waals surface area contributed by atoms with Crippen LogP contribution in [0, 0.1) is 6.92 Å². The lowest BCUT2D eigenvalue weighted by atomic mass is 10.1. The van der Waals surface area contributed by atoms with Crippen molar-refractivity contribution in [2.75, 3.05) is 0 Å². The van der Waals surface area contributed by atoms with E-state index >= 15 is 0 Å². The third-order valence-corrected chi connectivity index (χ3v) is 4.06. The number of rotatable bonds is 5. The Hall–Kier alpha value is -3.01. The van der Waals surface area contributed by atoms with E-state index in [1.165, 1.54) is 5.56 Å². The predicted octanol–water partition coefficient (Wildman–Crippen LogP) is 4.28. The molecule has 1 N–H and O–H groups in total. The molecule has 1 amide bonds. The van der Waals surface area contributed by atoms with Gasteiger partial charge in [0.05, 0.1) is 11.1 Å². The van der Waals surface area contributed by atoms with Gasteiger partial charge in [0.25, 0.3) is 5.91 Å². The summed E-state index contributed by atoms with van der Waals surface area (Å²) in [5.41, 5.74) is 7.06. The topological polar surface area (TPSA) is 54.4 Å². The smallest absolute Gasteiger partial charge is 0.267 e. The maximum absolute atomic E-state index is 12.6. The lowest BCUT2D eigenvalue weighted by Gasteiger charge is -2.08. The average Bonchev–Trinajstić information content (AvgIpc) is 2.65. The third-order valence-electron chi connectivity index (χ3n) is 4.06. The fraction of sp³-hybridized carbons (Fsp3) is 0.190. The van der Waals surface area contributed by atoms with Crippen molar-refractivity contribution in [3.8, 4) is 0 Å². The number of carbonyl (C=O) groups is 1. The van der Waals surface area contributed by atoms with E-state index in [2.05, 4.69) is 27.6 Å². The van der Waals surface area contributed by atoms with Crippen molar-refractivity contribution in [2.24, 2.45) is 5.10 Å². The van der Waals surface area contributed by atoms with Crippen LogP contribution in [0.5, 0.6) is 0 Å². The summed E-state index contributed by atoms with van der Waals surface area (Å²) in [6.45, 7) is 3.93. The molecule has 1 heterocycles. The minimum absolute atomic E-state index is 0.208. The van der Waals surface area contributed by atoms with Crippen molar-refractivity contribution < 1.29 is 4.79 Å². The number of benzene rings is 2. The van der Waals surface area contributed by atoms with Gasteiger partial charge >= 0.3 is 0 Å². The maximum Gasteiger partial charge on any atom is 0.272 e. The van der Waals surface area contributed by atoms with E-state index in [9.17, 15) is 4.79 Å². The Labute approximate surface area is 147 Å². The number of nitrogens with one attached hydrogen (secondary N) is 1. The number of pyridine rings is 1. The highest BCUT2D eigenvalue weighted by atomic mass is 16.2. The normalized spacial score (nSPS) is 11.5. The summed E-state index contributed by atoms with van der Waals surface area (Å²) in [5.74, 6) is -0.208. The zero-order chi connectivity index (χ0) is 17.6. The third kappa shape index (κ3) is 4.10. The van der Waals surface area contributed by atoms with E-state index in [4.69, 9.17) is 0 Å². The molecule has 0 spiro atoms. The fourth-order valence-corrected chi connectivity index (χ4v) is 2.76. The highest BCUT2D eigenvalue weighted by molar-refractivity contribution is 6.06. The molecular weight excluding hydrogens is 310 g/mol. The molecule has 0 atom stereocenters. The number of carbonyl (C=O) groups excluding carboxylic acids is 1. The Morgan fingerprint density at radius 1 is 1.08 bits per heavy atom. The maximum atomic E-state index is 12.6. The molecule has 0 aliphatic carbocycles. The number of hydrazone groups is 1. The van der Waals surface area contributed by atoms with Crippen molar-refractivity contribution in [3.05, 3.63) is 77.5 Å². The Bertz CT molecular complexity index is 917. The van der Waals surface area contributed by atoms with Gasteiger partial charge in [0.15, 0.2) is 0 Å². The van der Waals surface area contributed by atoms with Crippen LogP contribution >= 0.6 is 0 Å². The van der Waals surface area contributed by atoms with Crippen LogP contribution in [0.4, 0.5) is 0 Å². The van der Waals surface area contributed by atoms with Crippen molar-refractivity contribution >= 4 is 22.5 Å². The Balaban J connectivity index is 1.82. The number of amides is 1. The van der Waals surface area contributed by atoms with Crippen LogP contribution < -0.4 is 5.43 Å². The molecule has 0 unspecified atom stereocenters. The Morgan fingerprint density at radius 2 is 1.80 bits per heavy atom. The van der Waals surface area contributed by atoms with Crippen LogP contribution in [-0.2, 0) is 6.42 Å². The zero-order valence-corrected chi connectivity index (χ0v) is 14.5. The number of aryl methyl sites for hydroxylation is 1. The second kappa shape index (κ2) is 7.71. The van der Waals surface area contributed by atoms with Crippen molar-refractivity contribution in [3.63, 3.8) is 0 Å². The van der Waals surface area contributed by atoms with E-state index in [0.717, 1.165) is 35.2 Å². The van der Waals surface area contributed by atoms with Crippen LogP contribution in [-0.4, -0.2) is 16.6 Å². The van der Waals surface area contributed by atoms with E-state index in [0.29, 0.717) is 5.56 Å². The van der Waals surface area contributed by atoms with Gasteiger partial charge in [0.2, 0.25) is 0 Å². The minimum atomic E-state index is -0.208. The largest absolute Gasteiger partial charge is 0.272 e. The molecule has 1 aromatic heterocycles. The van der Waals surface area contributed by atoms with Crippen LogP contribution in [0.1, 0.15) is 35.0 Å². The van der Waals surface area contributed by atoms with Crippen molar-refractivity contribution in [1.82, 2.24) is 10.4 Å². The SMILES string of the molecule is CCC(Cc1ccccc1)=NNC(=O)c1cc(C)nc2ccccc12. The van der Waals surface area contributed by atoms with Gasteiger partial charge in [-0.1, -0.05) is 55.5 Å². The van der Waals surface area contributed by atoms with Gasteiger partial charge in [0.1, 0.15) is 0 Å². The first-order valence-electron chi connectivity index (χ1n) is 8.43. The molecule has 4 heteroatoms. The number of hydrogen-bond acceptors (Lipinski definition) is 3. The molecule has 4 nitrogen and oxygen atoms in total. The van der Waals surface area contributed by atoms with Gasteiger partial charge in [-0.05, 0) is 31.0 Å². The molecule has 0 aliphatic rings. The highest BCUT2D eigenvalue weighted by Gasteiger charge is 2.11. The molecule has 25 heavy (non-hydrogen) atoms. The molecule has 126 valence electrons. The Kier molecular flexibility index (Phi) is 5.19. The monoisotopic (exact) mass is 331 g/mol. The van der Waals surface area contributed by atoms with Crippen LogP contribution in [0.15, 0.2) is 65.8 Å². The molecule has 0 fully saturated rings. The van der Waals surface area contributed by atoms with E-state index in [-0.39, 0.29) is 5.91 Å². The molecule has 2 aromatic carbocycles. The lowest BCUT2D eigenvalue weighted by molar-refractivity contribution is 0.0956. The average molecular weight is 331 g/mol. The lowest BCUT2D eigenvalue weighted by Crippen LogP contribution is -2.21. The van der Waals surface area contributed by atoms with E-state index < -0.39 is 0 Å². The quantitative estimate of drug-likeness (QED) is 0.560. The molecular formula is C21H21N3O. The summed E-state index contributed by atoms with van der Waals surface area (Å²) in [6.07, 6.45) is 1.51. The first-order valence-corrected chi connectivity index (χ1v) is 8.43. The van der Waals surface area contributed by atoms with Gasteiger partial charge in [-0.2, -0.15) is 5.10 Å². The summed E-state index contributed by atoms with van der Waals surface area (Å²) in [5, 5.41) is 5.18. The number of aromatic nitrogens is 1. The second-order valence-electron chi connectivity index (χ2n) is 5.96. The van der Waals surface area contributed by atoms with Crippen molar-refractivity contribution in [1.29, 1.82) is 0 Å². The molecule has 0 saturated carbocycles. The minimum Gasteiger partial charge on any atom is -0.267 e. The number of para-hydroxylation sites is 1. The Morgan fingerprint density at radius 3 is 2.56 bits per heavy atom. The van der Waals surface area contributed by atoms with Crippen molar-refractivity contribution in [2.45, 2.75) is 26.7 Å². The number of hydrogen-bond donors (Lipinski definition) is 1. The molecule has 0 aliphatic heterocycles. The van der Waals surface area contributed by atoms with Gasteiger partial charge < -0.3 is 0 Å². The zero-order valence-electron chi connectivity index (χ0n) is 14.5. The summed E-state index contributed by atoms with van der Waals surface area (Å²) in [7, 11) is 0. The first kappa shape index (κ1) is 16.8. The summed E-state index contributed by atoms with van der Waals surface area (Å²) in [6, 6.07) is 19.6. The second-order valence-corrected chi connectivity index (χ2v) is 5.96. The number of nitrogens with zero attached hydrogens (tertiary/aromatic N) is 2. The number of fused-ring (bicyclic) bond motifs is 1. The van der Waals surface area contributed by atoms with Crippen LogP contribution in [0.25, 0.3) is 10.9 Å². The van der Waals surface area contributed by atoms with Crippen LogP contribution in [0.3, 0.4) is 0 Å². The fourth-order valence-electron chi connectivity index (χ4n) is 2.76. The summed E-state index contributed by atoms with van der Waals surface area (Å²) < 4.78 is 0. The summed E-state index contributed by atoms with van der Waals surface area (Å²) >= 11 is 0. The first-order chi connectivity index (χ1) is 12.2. The van der Waals surface area contributed by atoms with Gasteiger partial charge in [-0.3, -0.25) is 9.78 Å². The van der Waals surface area contributed by atoms with Gasteiger partial charge in [-0.15, -0.1) is 0 Å². The standard InChI is InChI=1S/C21H21N3O/c1-3-17(14-16-9-5-4-6-10-16)23-24-21(25)19-13-15(2)22-20-12-8-7-11-18(19)20/h4-13H,3,14H2,1-2H3,(H,24,25). The molecule has 0 saturated heterocycles. The molecule has 0 bridgehead atoms. The molecule has 3 aromatic rings.